The molecule has 0 radical (unpaired) electrons. The molecule has 1 aromatic heterocycles. The molecule has 5 heteroatoms. The van der Waals surface area contributed by atoms with Crippen LogP contribution in [0.3, 0.4) is 0 Å². The standard InChI is InChI=1S/C11H16ClNO2S/c1-7(2)5-9(11(14)15)13-6-8-3-4-10(12)16-8/h3-4,7,9,13H,5-6H2,1-2H3,(H,14,15). The van der Waals surface area contributed by atoms with Gasteiger partial charge in [0.1, 0.15) is 6.04 Å². The first-order valence-corrected chi connectivity index (χ1v) is 6.39. The third-order valence-corrected chi connectivity index (χ3v) is 3.39. The molecule has 1 aromatic rings. The first-order chi connectivity index (χ1) is 7.49. The van der Waals surface area contributed by atoms with Crippen LogP contribution in [0, 0.1) is 5.92 Å². The van der Waals surface area contributed by atoms with Gasteiger partial charge in [-0.3, -0.25) is 10.1 Å². The van der Waals surface area contributed by atoms with Gasteiger partial charge in [-0.05, 0) is 24.5 Å². The van der Waals surface area contributed by atoms with Gasteiger partial charge in [-0.15, -0.1) is 11.3 Å². The fourth-order valence-electron chi connectivity index (χ4n) is 1.41. The molecule has 0 bridgehead atoms. The number of aliphatic carboxylic acids is 1. The van der Waals surface area contributed by atoms with Crippen LogP contribution in [0.25, 0.3) is 0 Å². The van der Waals surface area contributed by atoms with Crippen LogP contribution in [-0.2, 0) is 11.3 Å². The second-order valence-electron chi connectivity index (χ2n) is 4.11. The summed E-state index contributed by atoms with van der Waals surface area (Å²) in [5.41, 5.74) is 0. The van der Waals surface area contributed by atoms with E-state index in [0.29, 0.717) is 18.9 Å². The second-order valence-corrected chi connectivity index (χ2v) is 5.91. The van der Waals surface area contributed by atoms with E-state index in [2.05, 4.69) is 5.32 Å². The van der Waals surface area contributed by atoms with Crippen molar-refractivity contribution in [3.8, 4) is 0 Å². The van der Waals surface area contributed by atoms with Crippen LogP contribution in [0.4, 0.5) is 0 Å². The van der Waals surface area contributed by atoms with Gasteiger partial charge in [-0.1, -0.05) is 25.4 Å². The van der Waals surface area contributed by atoms with Crippen molar-refractivity contribution in [2.24, 2.45) is 5.92 Å². The molecule has 1 unspecified atom stereocenters. The van der Waals surface area contributed by atoms with Gasteiger partial charge >= 0.3 is 5.97 Å². The summed E-state index contributed by atoms with van der Waals surface area (Å²) < 4.78 is 0.729. The molecule has 0 saturated heterocycles. The molecule has 1 atom stereocenters. The van der Waals surface area contributed by atoms with E-state index in [1.54, 1.807) is 0 Å². The second kappa shape index (κ2) is 6.23. The Balaban J connectivity index is 2.46. The maximum atomic E-state index is 11.0. The molecule has 0 saturated carbocycles. The summed E-state index contributed by atoms with van der Waals surface area (Å²) in [5.74, 6) is -0.433. The first kappa shape index (κ1) is 13.5. The number of halogens is 1. The first-order valence-electron chi connectivity index (χ1n) is 5.19. The highest BCUT2D eigenvalue weighted by Gasteiger charge is 2.18. The fourth-order valence-corrected chi connectivity index (χ4v) is 2.45. The number of thiophene rings is 1. The van der Waals surface area contributed by atoms with Gasteiger partial charge in [0.05, 0.1) is 4.34 Å². The van der Waals surface area contributed by atoms with Crippen LogP contribution in [-0.4, -0.2) is 17.1 Å². The summed E-state index contributed by atoms with van der Waals surface area (Å²) in [4.78, 5) is 12.0. The highest BCUT2D eigenvalue weighted by atomic mass is 35.5. The van der Waals surface area contributed by atoms with Crippen LogP contribution in [0.1, 0.15) is 25.1 Å². The molecule has 0 spiro atoms. The minimum absolute atomic E-state index is 0.362. The number of carbonyl (C=O) groups is 1. The van der Waals surface area contributed by atoms with Crippen molar-refractivity contribution in [1.82, 2.24) is 5.32 Å². The monoisotopic (exact) mass is 261 g/mol. The van der Waals surface area contributed by atoms with E-state index in [-0.39, 0.29) is 0 Å². The Morgan fingerprint density at radius 3 is 2.69 bits per heavy atom. The predicted molar refractivity (Wildman–Crippen MR) is 67.0 cm³/mol. The van der Waals surface area contributed by atoms with Crippen LogP contribution < -0.4 is 5.32 Å². The topological polar surface area (TPSA) is 49.3 Å². The van der Waals surface area contributed by atoms with Gasteiger partial charge in [-0.2, -0.15) is 0 Å². The summed E-state index contributed by atoms with van der Waals surface area (Å²) >= 11 is 7.27. The van der Waals surface area contributed by atoms with E-state index in [0.717, 1.165) is 9.21 Å². The zero-order valence-electron chi connectivity index (χ0n) is 9.37. The van der Waals surface area contributed by atoms with Crippen LogP contribution in [0.5, 0.6) is 0 Å². The third kappa shape index (κ3) is 4.51. The summed E-state index contributed by atoms with van der Waals surface area (Å²) in [6.07, 6.45) is 0.633. The Labute approximate surface area is 104 Å². The fraction of sp³-hybridized carbons (Fsp3) is 0.545. The van der Waals surface area contributed by atoms with Crippen molar-refractivity contribution in [1.29, 1.82) is 0 Å². The maximum absolute atomic E-state index is 11.0. The number of rotatable bonds is 6. The third-order valence-electron chi connectivity index (χ3n) is 2.16. The zero-order chi connectivity index (χ0) is 12.1. The molecule has 0 amide bonds. The summed E-state index contributed by atoms with van der Waals surface area (Å²) in [6.45, 7) is 4.58. The van der Waals surface area contributed by atoms with Crippen molar-refractivity contribution in [2.45, 2.75) is 32.9 Å². The van der Waals surface area contributed by atoms with Gasteiger partial charge in [-0.25, -0.2) is 0 Å². The number of carboxylic acids is 1. The van der Waals surface area contributed by atoms with E-state index in [9.17, 15) is 4.79 Å². The molecule has 0 aliphatic carbocycles. The minimum atomic E-state index is -0.795. The number of hydrogen-bond acceptors (Lipinski definition) is 3. The molecular formula is C11H16ClNO2S. The van der Waals surface area contributed by atoms with Gasteiger partial charge in [0.15, 0.2) is 0 Å². The molecule has 0 aliphatic heterocycles. The van der Waals surface area contributed by atoms with Crippen LogP contribution >= 0.6 is 22.9 Å². The van der Waals surface area contributed by atoms with Crippen molar-refractivity contribution in [3.05, 3.63) is 21.3 Å². The minimum Gasteiger partial charge on any atom is -0.480 e. The molecule has 1 heterocycles. The molecule has 3 nitrogen and oxygen atoms in total. The summed E-state index contributed by atoms with van der Waals surface area (Å²) in [6, 6.07) is 3.25. The number of nitrogens with one attached hydrogen (secondary N) is 1. The SMILES string of the molecule is CC(C)CC(NCc1ccc(Cl)s1)C(=O)O. The van der Waals surface area contributed by atoms with Crippen LogP contribution in [0.2, 0.25) is 4.34 Å². The van der Waals surface area contributed by atoms with E-state index in [1.807, 2.05) is 26.0 Å². The van der Waals surface area contributed by atoms with Gasteiger partial charge in [0, 0.05) is 11.4 Å². The Kier molecular flexibility index (Phi) is 5.25. The Hall–Kier alpha value is -0.580. The lowest BCUT2D eigenvalue weighted by molar-refractivity contribution is -0.139. The number of hydrogen-bond donors (Lipinski definition) is 2. The van der Waals surface area contributed by atoms with Crippen molar-refractivity contribution in [2.75, 3.05) is 0 Å². The highest BCUT2D eigenvalue weighted by molar-refractivity contribution is 7.16. The quantitative estimate of drug-likeness (QED) is 0.828. The Morgan fingerprint density at radius 2 is 2.25 bits per heavy atom. The predicted octanol–water partition coefficient (Wildman–Crippen LogP) is 2.99. The Morgan fingerprint density at radius 1 is 1.56 bits per heavy atom. The lowest BCUT2D eigenvalue weighted by Gasteiger charge is -2.15. The summed E-state index contributed by atoms with van der Waals surface area (Å²) in [7, 11) is 0. The van der Waals surface area contributed by atoms with E-state index in [4.69, 9.17) is 16.7 Å². The normalized spacial score (nSPS) is 13.0. The summed E-state index contributed by atoms with van der Waals surface area (Å²) in [5, 5.41) is 12.1. The molecular weight excluding hydrogens is 246 g/mol. The lowest BCUT2D eigenvalue weighted by Crippen LogP contribution is -2.37. The molecule has 90 valence electrons. The highest BCUT2D eigenvalue weighted by Crippen LogP contribution is 2.21. The average Bonchev–Trinajstić information content (AvgIpc) is 2.58. The van der Waals surface area contributed by atoms with Gasteiger partial charge in [0.2, 0.25) is 0 Å². The molecule has 2 N–H and O–H groups in total. The average molecular weight is 262 g/mol. The number of carboxylic acid groups (broad SMARTS) is 1. The van der Waals surface area contributed by atoms with Crippen LogP contribution in [0.15, 0.2) is 12.1 Å². The van der Waals surface area contributed by atoms with Gasteiger partial charge in [0.25, 0.3) is 0 Å². The van der Waals surface area contributed by atoms with Crippen molar-refractivity contribution >= 4 is 28.9 Å². The van der Waals surface area contributed by atoms with E-state index < -0.39 is 12.0 Å². The van der Waals surface area contributed by atoms with Crippen molar-refractivity contribution < 1.29 is 9.90 Å². The lowest BCUT2D eigenvalue weighted by atomic mass is 10.0. The smallest absolute Gasteiger partial charge is 0.320 e. The molecule has 1 rings (SSSR count). The van der Waals surface area contributed by atoms with E-state index >= 15 is 0 Å². The zero-order valence-corrected chi connectivity index (χ0v) is 10.9. The molecule has 16 heavy (non-hydrogen) atoms. The maximum Gasteiger partial charge on any atom is 0.320 e. The molecule has 0 aromatic carbocycles. The van der Waals surface area contributed by atoms with E-state index in [1.165, 1.54) is 11.3 Å². The molecule has 0 aliphatic rings. The molecule has 0 fully saturated rings. The Bertz CT molecular complexity index is 352. The van der Waals surface area contributed by atoms with Crippen molar-refractivity contribution in [3.63, 3.8) is 0 Å². The largest absolute Gasteiger partial charge is 0.480 e. The van der Waals surface area contributed by atoms with Gasteiger partial charge < -0.3 is 5.11 Å².